The van der Waals surface area contributed by atoms with Gasteiger partial charge in [-0.25, -0.2) is 0 Å². The van der Waals surface area contributed by atoms with E-state index in [1.807, 2.05) is 27.7 Å². The predicted molar refractivity (Wildman–Crippen MR) is 81.4 cm³/mol. The highest BCUT2D eigenvalue weighted by atomic mass is 14.1. The molecule has 0 unspecified atom stereocenters. The van der Waals surface area contributed by atoms with Gasteiger partial charge in [0.25, 0.3) is 0 Å². The number of hydrogen-bond acceptors (Lipinski definition) is 0. The van der Waals surface area contributed by atoms with Crippen LogP contribution in [-0.2, 0) is 6.42 Å². The van der Waals surface area contributed by atoms with Gasteiger partial charge < -0.3 is 0 Å². The lowest BCUT2D eigenvalue weighted by atomic mass is 9.91. The van der Waals surface area contributed by atoms with Crippen molar-refractivity contribution in [2.75, 3.05) is 0 Å². The van der Waals surface area contributed by atoms with Crippen molar-refractivity contribution < 1.29 is 0 Å². The fourth-order valence-corrected chi connectivity index (χ4v) is 1.57. The Morgan fingerprint density at radius 3 is 1.88 bits per heavy atom. The average Bonchev–Trinajstić information content (AvgIpc) is 2.41. The molecule has 1 rings (SSSR count). The van der Waals surface area contributed by atoms with Crippen LogP contribution < -0.4 is 0 Å². The normalized spacial score (nSPS) is 10.2. The first kappa shape index (κ1) is 18.3. The largest absolute Gasteiger partial charge is 0.0998 e. The molecule has 0 aromatic heterocycles. The van der Waals surface area contributed by atoms with Gasteiger partial charge in [-0.15, -0.1) is 0 Å². The first-order valence-electron chi connectivity index (χ1n) is 6.93. The van der Waals surface area contributed by atoms with Gasteiger partial charge in [0, 0.05) is 0 Å². The maximum atomic E-state index is 4.02. The van der Waals surface area contributed by atoms with E-state index in [1.54, 1.807) is 0 Å². The fourth-order valence-electron chi connectivity index (χ4n) is 1.57. The minimum atomic E-state index is 0.641. The highest BCUT2D eigenvalue weighted by Gasteiger charge is 2.06. The van der Waals surface area contributed by atoms with Crippen LogP contribution in [0.25, 0.3) is 0 Å². The minimum absolute atomic E-state index is 0.641. The Kier molecular flexibility index (Phi) is 14.0. The SMILES string of the molecule is C=C(C)[C@@H](CC)Cc1ccccc1.CC.CC. The first-order chi connectivity index (χ1) is 8.24. The molecule has 0 aliphatic heterocycles. The van der Waals surface area contributed by atoms with Gasteiger partial charge in [-0.2, -0.15) is 0 Å². The molecular formula is C17H30. The molecule has 1 atom stereocenters. The van der Waals surface area contributed by atoms with E-state index in [9.17, 15) is 0 Å². The van der Waals surface area contributed by atoms with Crippen LogP contribution in [0.1, 0.15) is 53.5 Å². The van der Waals surface area contributed by atoms with E-state index in [1.165, 1.54) is 17.6 Å². The lowest BCUT2D eigenvalue weighted by Crippen LogP contribution is -2.03. The van der Waals surface area contributed by atoms with Crippen molar-refractivity contribution >= 4 is 0 Å². The predicted octanol–water partition coefficient (Wildman–Crippen LogP) is 5.88. The van der Waals surface area contributed by atoms with Crippen molar-refractivity contribution in [3.05, 3.63) is 48.0 Å². The number of hydrogen-bond donors (Lipinski definition) is 0. The van der Waals surface area contributed by atoms with E-state index >= 15 is 0 Å². The topological polar surface area (TPSA) is 0 Å². The van der Waals surface area contributed by atoms with Crippen LogP contribution in [0, 0.1) is 5.92 Å². The lowest BCUT2D eigenvalue weighted by molar-refractivity contribution is 0.590. The highest BCUT2D eigenvalue weighted by Crippen LogP contribution is 2.18. The second-order valence-corrected chi connectivity index (χ2v) is 3.64. The van der Waals surface area contributed by atoms with Crippen molar-refractivity contribution in [3.8, 4) is 0 Å². The van der Waals surface area contributed by atoms with Crippen LogP contribution >= 0.6 is 0 Å². The van der Waals surface area contributed by atoms with E-state index in [2.05, 4.69) is 50.8 Å². The molecule has 0 saturated heterocycles. The third-order valence-electron chi connectivity index (χ3n) is 2.51. The highest BCUT2D eigenvalue weighted by molar-refractivity contribution is 5.17. The molecule has 0 fully saturated rings. The fraction of sp³-hybridized carbons (Fsp3) is 0.529. The van der Waals surface area contributed by atoms with Crippen LogP contribution in [0.15, 0.2) is 42.5 Å². The van der Waals surface area contributed by atoms with E-state index in [0.717, 1.165) is 6.42 Å². The van der Waals surface area contributed by atoms with Gasteiger partial charge in [-0.3, -0.25) is 0 Å². The number of allylic oxidation sites excluding steroid dienone is 1. The molecule has 98 valence electrons. The third kappa shape index (κ3) is 8.74. The molecule has 0 radical (unpaired) electrons. The van der Waals surface area contributed by atoms with E-state index < -0.39 is 0 Å². The Balaban J connectivity index is 0. The van der Waals surface area contributed by atoms with Crippen molar-refractivity contribution in [3.63, 3.8) is 0 Å². The Hall–Kier alpha value is -1.04. The second kappa shape index (κ2) is 13.0. The molecule has 0 heteroatoms. The molecule has 1 aromatic rings. The van der Waals surface area contributed by atoms with E-state index in [0.29, 0.717) is 5.92 Å². The molecule has 0 amide bonds. The zero-order chi connectivity index (χ0) is 13.7. The molecular weight excluding hydrogens is 204 g/mol. The molecule has 0 heterocycles. The molecule has 0 aliphatic rings. The third-order valence-corrected chi connectivity index (χ3v) is 2.51. The Labute approximate surface area is 109 Å². The van der Waals surface area contributed by atoms with Gasteiger partial charge in [0.05, 0.1) is 0 Å². The van der Waals surface area contributed by atoms with Crippen LogP contribution in [0.4, 0.5) is 0 Å². The smallest absolute Gasteiger partial charge is 0.0171 e. The number of rotatable bonds is 4. The molecule has 0 nitrogen and oxygen atoms in total. The van der Waals surface area contributed by atoms with Crippen LogP contribution in [0.5, 0.6) is 0 Å². The summed E-state index contributed by atoms with van der Waals surface area (Å²) in [5.41, 5.74) is 2.71. The van der Waals surface area contributed by atoms with Crippen LogP contribution in [0.3, 0.4) is 0 Å². The van der Waals surface area contributed by atoms with Gasteiger partial charge in [-0.1, -0.05) is 77.1 Å². The van der Waals surface area contributed by atoms with E-state index in [4.69, 9.17) is 0 Å². The Morgan fingerprint density at radius 1 is 1.06 bits per heavy atom. The Bertz CT molecular complexity index is 259. The van der Waals surface area contributed by atoms with Crippen LogP contribution in [-0.4, -0.2) is 0 Å². The summed E-state index contributed by atoms with van der Waals surface area (Å²) in [5, 5.41) is 0. The zero-order valence-corrected chi connectivity index (χ0v) is 12.6. The summed E-state index contributed by atoms with van der Waals surface area (Å²) in [6.45, 7) is 16.4. The van der Waals surface area contributed by atoms with Crippen molar-refractivity contribution in [2.24, 2.45) is 5.92 Å². The van der Waals surface area contributed by atoms with Crippen molar-refractivity contribution in [2.45, 2.75) is 54.4 Å². The summed E-state index contributed by atoms with van der Waals surface area (Å²) in [4.78, 5) is 0. The summed E-state index contributed by atoms with van der Waals surface area (Å²) in [7, 11) is 0. The van der Waals surface area contributed by atoms with Gasteiger partial charge >= 0.3 is 0 Å². The monoisotopic (exact) mass is 234 g/mol. The lowest BCUT2D eigenvalue weighted by Gasteiger charge is -2.14. The molecule has 0 N–H and O–H groups in total. The zero-order valence-electron chi connectivity index (χ0n) is 12.6. The van der Waals surface area contributed by atoms with Crippen molar-refractivity contribution in [1.29, 1.82) is 0 Å². The van der Waals surface area contributed by atoms with Gasteiger partial charge in [0.2, 0.25) is 0 Å². The molecule has 0 bridgehead atoms. The summed E-state index contributed by atoms with van der Waals surface area (Å²) >= 11 is 0. The maximum Gasteiger partial charge on any atom is -0.0171 e. The summed E-state index contributed by atoms with van der Waals surface area (Å²) in [6, 6.07) is 10.6. The van der Waals surface area contributed by atoms with Gasteiger partial charge in [-0.05, 0) is 31.2 Å². The minimum Gasteiger partial charge on any atom is -0.0998 e. The first-order valence-corrected chi connectivity index (χ1v) is 6.93. The average molecular weight is 234 g/mol. The van der Waals surface area contributed by atoms with Crippen LogP contribution in [0.2, 0.25) is 0 Å². The Morgan fingerprint density at radius 2 is 1.53 bits per heavy atom. The molecule has 0 aliphatic carbocycles. The van der Waals surface area contributed by atoms with E-state index in [-0.39, 0.29) is 0 Å². The molecule has 0 spiro atoms. The molecule has 1 aromatic carbocycles. The molecule has 0 saturated carbocycles. The van der Waals surface area contributed by atoms with Crippen molar-refractivity contribution in [1.82, 2.24) is 0 Å². The number of benzene rings is 1. The summed E-state index contributed by atoms with van der Waals surface area (Å²) in [6.07, 6.45) is 2.32. The van der Waals surface area contributed by atoms with Gasteiger partial charge in [0.1, 0.15) is 0 Å². The standard InChI is InChI=1S/C13H18.2C2H6/c1-4-13(11(2)3)10-12-8-6-5-7-9-12;2*1-2/h5-9,13H,2,4,10H2,1,3H3;2*1-2H3/t13-;;/m0../s1. The summed E-state index contributed by atoms with van der Waals surface area (Å²) in [5.74, 6) is 0.641. The second-order valence-electron chi connectivity index (χ2n) is 3.64. The quantitative estimate of drug-likeness (QED) is 0.570. The summed E-state index contributed by atoms with van der Waals surface area (Å²) < 4.78 is 0. The maximum absolute atomic E-state index is 4.02. The van der Waals surface area contributed by atoms with Gasteiger partial charge in [0.15, 0.2) is 0 Å². The molecule has 17 heavy (non-hydrogen) atoms.